The van der Waals surface area contributed by atoms with Crippen LogP contribution in [0.3, 0.4) is 0 Å². The molecule has 0 radical (unpaired) electrons. The van der Waals surface area contributed by atoms with Crippen LogP contribution in [0.4, 0.5) is 0 Å². The molecule has 116 valence electrons. The first-order chi connectivity index (χ1) is 10.1. The lowest BCUT2D eigenvalue weighted by Gasteiger charge is -2.42. The van der Waals surface area contributed by atoms with Gasteiger partial charge in [0.2, 0.25) is 0 Å². The highest BCUT2D eigenvalue weighted by Gasteiger charge is 2.34. The van der Waals surface area contributed by atoms with E-state index in [1.54, 1.807) is 0 Å². The van der Waals surface area contributed by atoms with E-state index in [4.69, 9.17) is 0 Å². The van der Waals surface area contributed by atoms with E-state index in [0.29, 0.717) is 6.04 Å². The van der Waals surface area contributed by atoms with Gasteiger partial charge in [0.05, 0.1) is 0 Å². The van der Waals surface area contributed by atoms with Crippen molar-refractivity contribution in [3.8, 4) is 0 Å². The number of hydrogen-bond acceptors (Lipinski definition) is 3. The summed E-state index contributed by atoms with van der Waals surface area (Å²) in [6, 6.07) is 10.7. The minimum Gasteiger partial charge on any atom is -0.305 e. The lowest BCUT2D eigenvalue weighted by Crippen LogP contribution is -2.54. The molecular formula is C18H29N3. The molecule has 2 aliphatic heterocycles. The second-order valence-electron chi connectivity index (χ2n) is 7.12. The van der Waals surface area contributed by atoms with Crippen LogP contribution in [-0.2, 0) is 13.1 Å². The van der Waals surface area contributed by atoms with Crippen LogP contribution >= 0.6 is 0 Å². The minimum absolute atomic E-state index is 0.681. The second kappa shape index (κ2) is 6.47. The standard InChI is InChI=1S/C18H29N3/c1-15-11-20-10-4-5-18(20)14-21(15)13-17-8-6-16(7-9-17)12-19(2)3/h6-9,15,18H,4-5,10-14H2,1-3H3/t15-,18-/m0/s1. The molecule has 0 aliphatic carbocycles. The minimum atomic E-state index is 0.681. The highest BCUT2D eigenvalue weighted by atomic mass is 15.3. The van der Waals surface area contributed by atoms with E-state index in [1.807, 2.05) is 0 Å². The average Bonchev–Trinajstić information content (AvgIpc) is 2.88. The predicted molar refractivity (Wildman–Crippen MR) is 88.3 cm³/mol. The number of hydrogen-bond donors (Lipinski definition) is 0. The molecule has 1 aromatic carbocycles. The number of rotatable bonds is 4. The van der Waals surface area contributed by atoms with Gasteiger partial charge in [-0.1, -0.05) is 24.3 Å². The molecule has 2 aliphatic rings. The fraction of sp³-hybridized carbons (Fsp3) is 0.667. The third-order valence-corrected chi connectivity index (χ3v) is 4.97. The van der Waals surface area contributed by atoms with Crippen LogP contribution in [0.25, 0.3) is 0 Å². The molecule has 0 saturated carbocycles. The van der Waals surface area contributed by atoms with Gasteiger partial charge in [0.1, 0.15) is 0 Å². The van der Waals surface area contributed by atoms with Crippen LogP contribution in [0.2, 0.25) is 0 Å². The van der Waals surface area contributed by atoms with Crippen molar-refractivity contribution in [2.75, 3.05) is 33.7 Å². The van der Waals surface area contributed by atoms with Gasteiger partial charge in [-0.2, -0.15) is 0 Å². The summed E-state index contributed by atoms with van der Waals surface area (Å²) in [5.74, 6) is 0. The molecule has 3 rings (SSSR count). The first-order valence-corrected chi connectivity index (χ1v) is 8.32. The van der Waals surface area contributed by atoms with Crippen molar-refractivity contribution in [2.45, 2.75) is 44.9 Å². The fourth-order valence-electron chi connectivity index (χ4n) is 3.82. The molecular weight excluding hydrogens is 258 g/mol. The molecule has 0 bridgehead atoms. The third kappa shape index (κ3) is 3.65. The van der Waals surface area contributed by atoms with E-state index in [1.165, 1.54) is 43.6 Å². The topological polar surface area (TPSA) is 9.72 Å². The van der Waals surface area contributed by atoms with Crippen molar-refractivity contribution in [2.24, 2.45) is 0 Å². The Morgan fingerprint density at radius 3 is 2.52 bits per heavy atom. The van der Waals surface area contributed by atoms with Crippen LogP contribution in [0, 0.1) is 0 Å². The van der Waals surface area contributed by atoms with Crippen LogP contribution in [0.15, 0.2) is 24.3 Å². The summed E-state index contributed by atoms with van der Waals surface area (Å²) in [4.78, 5) is 7.59. The maximum absolute atomic E-state index is 2.70. The maximum atomic E-state index is 2.70. The van der Waals surface area contributed by atoms with Gasteiger partial charge < -0.3 is 4.90 Å². The monoisotopic (exact) mass is 287 g/mol. The normalized spacial score (nSPS) is 27.2. The Bertz CT molecular complexity index is 454. The zero-order valence-electron chi connectivity index (χ0n) is 13.8. The molecule has 0 N–H and O–H groups in total. The quantitative estimate of drug-likeness (QED) is 0.842. The summed E-state index contributed by atoms with van der Waals surface area (Å²) < 4.78 is 0. The van der Waals surface area contributed by atoms with Gasteiger partial charge in [-0.05, 0) is 51.5 Å². The molecule has 0 spiro atoms. The molecule has 2 saturated heterocycles. The van der Waals surface area contributed by atoms with E-state index in [0.717, 1.165) is 19.1 Å². The summed E-state index contributed by atoms with van der Waals surface area (Å²) in [5.41, 5.74) is 2.85. The molecule has 21 heavy (non-hydrogen) atoms. The van der Waals surface area contributed by atoms with E-state index >= 15 is 0 Å². The Morgan fingerprint density at radius 1 is 1.10 bits per heavy atom. The van der Waals surface area contributed by atoms with Crippen LogP contribution in [0.1, 0.15) is 30.9 Å². The lowest BCUT2D eigenvalue weighted by atomic mass is 10.1. The Morgan fingerprint density at radius 2 is 1.81 bits per heavy atom. The van der Waals surface area contributed by atoms with Crippen LogP contribution in [0.5, 0.6) is 0 Å². The summed E-state index contributed by atoms with van der Waals surface area (Å²) in [6.07, 6.45) is 2.79. The predicted octanol–water partition coefficient (Wildman–Crippen LogP) is 2.42. The van der Waals surface area contributed by atoms with Crippen LogP contribution in [-0.4, -0.2) is 60.5 Å². The van der Waals surface area contributed by atoms with E-state index in [-0.39, 0.29) is 0 Å². The molecule has 2 heterocycles. The largest absolute Gasteiger partial charge is 0.305 e. The summed E-state index contributed by atoms with van der Waals surface area (Å²) in [7, 11) is 4.24. The first kappa shape index (κ1) is 15.0. The smallest absolute Gasteiger partial charge is 0.0237 e. The van der Waals surface area contributed by atoms with E-state index < -0.39 is 0 Å². The SMILES string of the molecule is C[C@H]1CN2CCC[C@H]2CN1Cc1ccc(CN(C)C)cc1. The molecule has 3 nitrogen and oxygen atoms in total. The fourth-order valence-corrected chi connectivity index (χ4v) is 3.82. The van der Waals surface area contributed by atoms with E-state index in [2.05, 4.69) is 60.0 Å². The molecule has 0 aromatic heterocycles. The number of fused-ring (bicyclic) bond motifs is 1. The Balaban J connectivity index is 1.60. The van der Waals surface area contributed by atoms with Crippen molar-refractivity contribution < 1.29 is 0 Å². The van der Waals surface area contributed by atoms with Crippen LogP contribution < -0.4 is 0 Å². The molecule has 2 fully saturated rings. The van der Waals surface area contributed by atoms with Crippen molar-refractivity contribution in [1.29, 1.82) is 0 Å². The van der Waals surface area contributed by atoms with Crippen molar-refractivity contribution in [3.05, 3.63) is 35.4 Å². The number of piperazine rings is 1. The first-order valence-electron chi connectivity index (χ1n) is 8.32. The Labute approximate surface area is 129 Å². The third-order valence-electron chi connectivity index (χ3n) is 4.97. The van der Waals surface area contributed by atoms with Gasteiger partial charge in [-0.15, -0.1) is 0 Å². The zero-order valence-corrected chi connectivity index (χ0v) is 13.8. The van der Waals surface area contributed by atoms with Crippen molar-refractivity contribution in [3.63, 3.8) is 0 Å². The van der Waals surface area contributed by atoms with Gasteiger partial charge in [0.15, 0.2) is 0 Å². The van der Waals surface area contributed by atoms with Crippen molar-refractivity contribution in [1.82, 2.24) is 14.7 Å². The summed E-state index contributed by atoms with van der Waals surface area (Å²) >= 11 is 0. The van der Waals surface area contributed by atoms with Gasteiger partial charge in [-0.3, -0.25) is 9.80 Å². The Kier molecular flexibility index (Phi) is 4.63. The highest BCUT2D eigenvalue weighted by molar-refractivity contribution is 5.22. The molecule has 3 heteroatoms. The highest BCUT2D eigenvalue weighted by Crippen LogP contribution is 2.25. The maximum Gasteiger partial charge on any atom is 0.0237 e. The molecule has 2 atom stereocenters. The zero-order chi connectivity index (χ0) is 14.8. The Hall–Kier alpha value is -0.900. The summed E-state index contributed by atoms with van der Waals surface area (Å²) in [6.45, 7) is 8.34. The number of benzene rings is 1. The molecule has 1 aromatic rings. The van der Waals surface area contributed by atoms with Crippen molar-refractivity contribution >= 4 is 0 Å². The number of nitrogens with zero attached hydrogens (tertiary/aromatic N) is 3. The summed E-state index contributed by atoms with van der Waals surface area (Å²) in [5, 5.41) is 0. The average molecular weight is 287 g/mol. The van der Waals surface area contributed by atoms with Gasteiger partial charge in [0, 0.05) is 38.3 Å². The van der Waals surface area contributed by atoms with Gasteiger partial charge >= 0.3 is 0 Å². The van der Waals surface area contributed by atoms with Gasteiger partial charge in [-0.25, -0.2) is 0 Å². The molecule has 0 amide bonds. The molecule has 0 unspecified atom stereocenters. The van der Waals surface area contributed by atoms with E-state index in [9.17, 15) is 0 Å². The lowest BCUT2D eigenvalue weighted by molar-refractivity contribution is 0.0540. The second-order valence-corrected chi connectivity index (χ2v) is 7.12. The van der Waals surface area contributed by atoms with Gasteiger partial charge in [0.25, 0.3) is 0 Å².